The SMILES string of the molecule is C[C@@]12CC(=O)[C@@H](Br)[C@]1(C)CC(=O)[C@H]2Br. The molecular formula is C10H12Br2O2. The molecule has 2 rings (SSSR count). The molecule has 4 atom stereocenters. The van der Waals surface area contributed by atoms with Gasteiger partial charge in [-0.05, 0) is 0 Å². The summed E-state index contributed by atoms with van der Waals surface area (Å²) >= 11 is 6.87. The molecule has 2 fully saturated rings. The van der Waals surface area contributed by atoms with Gasteiger partial charge in [0.1, 0.15) is 11.6 Å². The van der Waals surface area contributed by atoms with Gasteiger partial charge in [0.15, 0.2) is 0 Å². The van der Waals surface area contributed by atoms with E-state index >= 15 is 0 Å². The molecule has 4 heteroatoms. The van der Waals surface area contributed by atoms with Crippen LogP contribution >= 0.6 is 31.9 Å². The van der Waals surface area contributed by atoms with E-state index in [-0.39, 0.29) is 32.1 Å². The van der Waals surface area contributed by atoms with Crippen LogP contribution < -0.4 is 0 Å². The van der Waals surface area contributed by atoms with E-state index in [1.165, 1.54) is 0 Å². The first-order chi connectivity index (χ1) is 6.33. The number of carbonyl (C=O) groups excluding carboxylic acids is 2. The molecule has 0 aromatic carbocycles. The Morgan fingerprint density at radius 3 is 1.57 bits per heavy atom. The molecule has 14 heavy (non-hydrogen) atoms. The Kier molecular flexibility index (Phi) is 2.25. The first-order valence-electron chi connectivity index (χ1n) is 4.66. The zero-order valence-electron chi connectivity index (χ0n) is 8.14. The van der Waals surface area contributed by atoms with Crippen LogP contribution in [0.5, 0.6) is 0 Å². The van der Waals surface area contributed by atoms with Gasteiger partial charge >= 0.3 is 0 Å². The summed E-state index contributed by atoms with van der Waals surface area (Å²) in [5.74, 6) is 0.457. The summed E-state index contributed by atoms with van der Waals surface area (Å²) in [7, 11) is 0. The van der Waals surface area contributed by atoms with E-state index in [1.807, 2.05) is 13.8 Å². The minimum Gasteiger partial charge on any atom is -0.298 e. The van der Waals surface area contributed by atoms with Crippen molar-refractivity contribution in [3.05, 3.63) is 0 Å². The summed E-state index contributed by atoms with van der Waals surface area (Å²) in [6, 6.07) is 0. The molecule has 0 aromatic rings. The average Bonchev–Trinajstić information content (AvgIpc) is 2.37. The van der Waals surface area contributed by atoms with Crippen molar-refractivity contribution in [1.29, 1.82) is 0 Å². The summed E-state index contributed by atoms with van der Waals surface area (Å²) < 4.78 is 0. The predicted octanol–water partition coefficient (Wildman–Crippen LogP) is 2.47. The zero-order valence-corrected chi connectivity index (χ0v) is 11.3. The molecule has 0 N–H and O–H groups in total. The Hall–Kier alpha value is 0.300. The highest BCUT2D eigenvalue weighted by Crippen LogP contribution is 2.63. The molecule has 0 unspecified atom stereocenters. The number of hydrogen-bond acceptors (Lipinski definition) is 2. The number of Topliss-reactive ketones (excluding diaryl/α,β-unsaturated/α-hetero) is 2. The normalized spacial score (nSPS) is 52.6. The van der Waals surface area contributed by atoms with E-state index in [2.05, 4.69) is 31.9 Å². The molecule has 2 saturated carbocycles. The standard InChI is InChI=1S/C10H12Br2O2/c1-9-3-5(13)8(12)10(9,2)4-6(14)7(9)11/h7-8H,3-4H2,1-2H3/t7-,8-,9+,10+/m1/s1. The van der Waals surface area contributed by atoms with Gasteiger partial charge in [-0.25, -0.2) is 0 Å². The third kappa shape index (κ3) is 1.02. The lowest BCUT2D eigenvalue weighted by atomic mass is 9.71. The van der Waals surface area contributed by atoms with Gasteiger partial charge in [0.05, 0.1) is 9.65 Å². The molecule has 2 nitrogen and oxygen atoms in total. The third-order valence-corrected chi connectivity index (χ3v) is 7.11. The largest absolute Gasteiger partial charge is 0.298 e. The first kappa shape index (κ1) is 10.8. The maximum Gasteiger partial charge on any atom is 0.147 e. The number of ketones is 2. The van der Waals surface area contributed by atoms with Crippen molar-refractivity contribution in [2.45, 2.75) is 36.3 Å². The molecule has 0 aliphatic heterocycles. The Balaban J connectivity index is 2.51. The number of hydrogen-bond donors (Lipinski definition) is 0. The fourth-order valence-electron chi connectivity index (χ4n) is 2.78. The van der Waals surface area contributed by atoms with Crippen molar-refractivity contribution >= 4 is 43.4 Å². The lowest BCUT2D eigenvalue weighted by Crippen LogP contribution is -2.36. The van der Waals surface area contributed by atoms with Gasteiger partial charge in [0.2, 0.25) is 0 Å². The molecule has 2 aliphatic rings. The van der Waals surface area contributed by atoms with Crippen LogP contribution in [0.4, 0.5) is 0 Å². The molecule has 0 heterocycles. The fourth-order valence-corrected chi connectivity index (χ4v) is 4.47. The highest BCUT2D eigenvalue weighted by Gasteiger charge is 2.66. The number of halogens is 2. The Morgan fingerprint density at radius 2 is 1.29 bits per heavy atom. The summed E-state index contributed by atoms with van der Waals surface area (Å²) in [6.45, 7) is 4.08. The van der Waals surface area contributed by atoms with Crippen LogP contribution in [-0.4, -0.2) is 21.2 Å². The molecule has 2 aliphatic carbocycles. The van der Waals surface area contributed by atoms with E-state index in [9.17, 15) is 9.59 Å². The van der Waals surface area contributed by atoms with E-state index in [1.54, 1.807) is 0 Å². The second-order valence-corrected chi connectivity index (χ2v) is 6.68. The molecule has 0 radical (unpaired) electrons. The van der Waals surface area contributed by atoms with Gasteiger partial charge in [-0.1, -0.05) is 45.7 Å². The van der Waals surface area contributed by atoms with E-state index in [4.69, 9.17) is 0 Å². The highest BCUT2D eigenvalue weighted by molar-refractivity contribution is 9.10. The maximum atomic E-state index is 11.7. The van der Waals surface area contributed by atoms with Gasteiger partial charge in [0, 0.05) is 23.7 Å². The Morgan fingerprint density at radius 1 is 1.00 bits per heavy atom. The van der Waals surface area contributed by atoms with Crippen molar-refractivity contribution in [1.82, 2.24) is 0 Å². The van der Waals surface area contributed by atoms with Crippen LogP contribution in [0.2, 0.25) is 0 Å². The van der Waals surface area contributed by atoms with Crippen LogP contribution in [0, 0.1) is 10.8 Å². The zero-order chi connectivity index (χ0) is 10.7. The van der Waals surface area contributed by atoms with Crippen LogP contribution in [-0.2, 0) is 9.59 Å². The summed E-state index contributed by atoms with van der Waals surface area (Å²) in [6.07, 6.45) is 1.00. The van der Waals surface area contributed by atoms with Crippen molar-refractivity contribution < 1.29 is 9.59 Å². The highest BCUT2D eigenvalue weighted by atomic mass is 79.9. The topological polar surface area (TPSA) is 34.1 Å². The molecule has 0 amide bonds. The number of alkyl halides is 2. The Bertz CT molecular complexity index is 296. The smallest absolute Gasteiger partial charge is 0.147 e. The average molecular weight is 324 g/mol. The van der Waals surface area contributed by atoms with Crippen LogP contribution in [0.25, 0.3) is 0 Å². The maximum absolute atomic E-state index is 11.7. The number of carbonyl (C=O) groups is 2. The first-order valence-corrected chi connectivity index (χ1v) is 6.49. The van der Waals surface area contributed by atoms with E-state index < -0.39 is 0 Å². The molecule has 78 valence electrons. The van der Waals surface area contributed by atoms with E-state index in [0.29, 0.717) is 12.8 Å². The summed E-state index contributed by atoms with van der Waals surface area (Å²) in [4.78, 5) is 23.0. The summed E-state index contributed by atoms with van der Waals surface area (Å²) in [5, 5.41) is 0. The number of fused-ring (bicyclic) bond motifs is 1. The lowest BCUT2D eigenvalue weighted by molar-refractivity contribution is -0.119. The minimum atomic E-state index is -0.213. The quantitative estimate of drug-likeness (QED) is 0.642. The van der Waals surface area contributed by atoms with E-state index in [0.717, 1.165) is 0 Å². The van der Waals surface area contributed by atoms with Gasteiger partial charge in [-0.15, -0.1) is 0 Å². The molecule has 0 aromatic heterocycles. The van der Waals surface area contributed by atoms with Crippen LogP contribution in [0.15, 0.2) is 0 Å². The van der Waals surface area contributed by atoms with Crippen molar-refractivity contribution in [2.75, 3.05) is 0 Å². The molecule has 0 bridgehead atoms. The third-order valence-electron chi connectivity index (χ3n) is 4.07. The van der Waals surface area contributed by atoms with Crippen molar-refractivity contribution in [2.24, 2.45) is 10.8 Å². The van der Waals surface area contributed by atoms with Gasteiger partial charge < -0.3 is 0 Å². The number of rotatable bonds is 0. The van der Waals surface area contributed by atoms with Gasteiger partial charge in [-0.3, -0.25) is 9.59 Å². The monoisotopic (exact) mass is 322 g/mol. The van der Waals surface area contributed by atoms with Crippen LogP contribution in [0.1, 0.15) is 26.7 Å². The molecule has 0 spiro atoms. The van der Waals surface area contributed by atoms with Crippen molar-refractivity contribution in [3.63, 3.8) is 0 Å². The second kappa shape index (κ2) is 2.91. The minimum absolute atomic E-state index is 0.161. The molecule has 0 saturated heterocycles. The fraction of sp³-hybridized carbons (Fsp3) is 0.800. The summed E-state index contributed by atoms with van der Waals surface area (Å²) in [5.41, 5.74) is -0.426. The van der Waals surface area contributed by atoms with Crippen molar-refractivity contribution in [3.8, 4) is 0 Å². The second-order valence-electron chi connectivity index (χ2n) is 4.85. The molecular weight excluding hydrogens is 312 g/mol. The van der Waals surface area contributed by atoms with Gasteiger partial charge in [-0.2, -0.15) is 0 Å². The van der Waals surface area contributed by atoms with Crippen LogP contribution in [0.3, 0.4) is 0 Å². The van der Waals surface area contributed by atoms with Gasteiger partial charge in [0.25, 0.3) is 0 Å². The predicted molar refractivity (Wildman–Crippen MR) is 60.9 cm³/mol. The Labute approximate surface area is 100 Å². The lowest BCUT2D eigenvalue weighted by Gasteiger charge is -2.36.